The Kier molecular flexibility index (Phi) is 4.30. The smallest absolute Gasteiger partial charge is 0.253 e. The predicted octanol–water partition coefficient (Wildman–Crippen LogP) is 1.83. The minimum absolute atomic E-state index is 0.0274. The molecule has 0 spiro atoms. The van der Waals surface area contributed by atoms with E-state index in [4.69, 9.17) is 4.74 Å². The Bertz CT molecular complexity index is 520. The molecular weight excluding hydrogens is 242 g/mol. The normalized spacial score (nSPS) is 10.4. The monoisotopic (exact) mass is 259 g/mol. The first-order chi connectivity index (χ1) is 9.20. The summed E-state index contributed by atoms with van der Waals surface area (Å²) in [5.41, 5.74) is 1.71. The number of H-pyrrole nitrogens is 1. The number of carbonyl (C=O) groups excluding carboxylic acids is 1. The van der Waals surface area contributed by atoms with Gasteiger partial charge in [-0.25, -0.2) is 4.98 Å². The molecule has 5 nitrogen and oxygen atoms in total. The summed E-state index contributed by atoms with van der Waals surface area (Å²) in [6.45, 7) is 1.02. The van der Waals surface area contributed by atoms with Gasteiger partial charge in [-0.05, 0) is 17.7 Å². The van der Waals surface area contributed by atoms with Crippen LogP contribution in [0.2, 0.25) is 0 Å². The van der Waals surface area contributed by atoms with Crippen LogP contribution in [-0.4, -0.2) is 34.9 Å². The number of nitrogens with zero attached hydrogens (tertiary/aromatic N) is 2. The van der Waals surface area contributed by atoms with Crippen LogP contribution in [0.25, 0.3) is 0 Å². The highest BCUT2D eigenvalue weighted by molar-refractivity contribution is 5.94. The van der Waals surface area contributed by atoms with E-state index in [9.17, 15) is 4.79 Å². The Morgan fingerprint density at radius 1 is 1.37 bits per heavy atom. The molecule has 1 aromatic carbocycles. The molecule has 0 saturated heterocycles. The van der Waals surface area contributed by atoms with Gasteiger partial charge in [-0.1, -0.05) is 12.1 Å². The fraction of sp³-hybridized carbons (Fsp3) is 0.286. The first-order valence-electron chi connectivity index (χ1n) is 6.02. The molecule has 1 N–H and O–H groups in total. The van der Waals surface area contributed by atoms with E-state index in [-0.39, 0.29) is 5.91 Å². The van der Waals surface area contributed by atoms with Gasteiger partial charge in [0.1, 0.15) is 5.82 Å². The lowest BCUT2D eigenvalue weighted by Gasteiger charge is -2.16. The van der Waals surface area contributed by atoms with Gasteiger partial charge in [-0.2, -0.15) is 0 Å². The van der Waals surface area contributed by atoms with Crippen LogP contribution >= 0.6 is 0 Å². The van der Waals surface area contributed by atoms with Crippen molar-refractivity contribution in [1.29, 1.82) is 0 Å². The van der Waals surface area contributed by atoms with E-state index in [1.54, 1.807) is 31.5 Å². The van der Waals surface area contributed by atoms with Crippen molar-refractivity contribution in [3.63, 3.8) is 0 Å². The second kappa shape index (κ2) is 6.15. The van der Waals surface area contributed by atoms with Crippen LogP contribution in [0.1, 0.15) is 21.7 Å². The number of benzene rings is 1. The van der Waals surface area contributed by atoms with Crippen LogP contribution in [0.4, 0.5) is 0 Å². The highest BCUT2D eigenvalue weighted by atomic mass is 16.5. The second-order valence-electron chi connectivity index (χ2n) is 4.33. The maximum atomic E-state index is 12.2. The van der Waals surface area contributed by atoms with Gasteiger partial charge in [0.25, 0.3) is 5.91 Å². The molecule has 0 saturated carbocycles. The molecule has 2 rings (SSSR count). The molecule has 5 heteroatoms. The Morgan fingerprint density at radius 2 is 2.11 bits per heavy atom. The van der Waals surface area contributed by atoms with Gasteiger partial charge in [0.05, 0.1) is 13.2 Å². The Morgan fingerprint density at radius 3 is 2.68 bits per heavy atom. The summed E-state index contributed by atoms with van der Waals surface area (Å²) in [6, 6.07) is 7.43. The minimum Gasteiger partial charge on any atom is -0.380 e. The average molecular weight is 259 g/mol. The number of amides is 1. The summed E-state index contributed by atoms with van der Waals surface area (Å²) in [5.74, 6) is 0.743. The van der Waals surface area contributed by atoms with Crippen LogP contribution in [0.5, 0.6) is 0 Å². The number of aromatic amines is 1. The minimum atomic E-state index is -0.0274. The van der Waals surface area contributed by atoms with Crippen molar-refractivity contribution in [2.24, 2.45) is 0 Å². The number of nitrogens with one attached hydrogen (secondary N) is 1. The fourth-order valence-corrected chi connectivity index (χ4v) is 1.81. The Hall–Kier alpha value is -2.14. The number of imidazole rings is 1. The number of methoxy groups -OCH3 is 1. The zero-order valence-electron chi connectivity index (χ0n) is 11.1. The molecule has 1 heterocycles. The van der Waals surface area contributed by atoms with Gasteiger partial charge in [0.15, 0.2) is 0 Å². The molecule has 0 aliphatic rings. The maximum Gasteiger partial charge on any atom is 0.253 e. The predicted molar refractivity (Wildman–Crippen MR) is 71.5 cm³/mol. The lowest BCUT2D eigenvalue weighted by molar-refractivity contribution is 0.0782. The third-order valence-electron chi connectivity index (χ3n) is 2.80. The molecule has 100 valence electrons. The van der Waals surface area contributed by atoms with Gasteiger partial charge in [-0.3, -0.25) is 4.79 Å². The molecule has 0 fully saturated rings. The second-order valence-corrected chi connectivity index (χ2v) is 4.33. The van der Waals surface area contributed by atoms with Crippen molar-refractivity contribution in [2.75, 3.05) is 14.2 Å². The van der Waals surface area contributed by atoms with E-state index >= 15 is 0 Å². The maximum absolute atomic E-state index is 12.2. The number of carbonyl (C=O) groups is 1. The van der Waals surface area contributed by atoms with E-state index in [0.29, 0.717) is 18.7 Å². The third kappa shape index (κ3) is 3.42. The molecule has 0 bridgehead atoms. The first-order valence-corrected chi connectivity index (χ1v) is 6.02. The van der Waals surface area contributed by atoms with Crippen LogP contribution < -0.4 is 0 Å². The summed E-state index contributed by atoms with van der Waals surface area (Å²) in [6.07, 6.45) is 3.42. The third-order valence-corrected chi connectivity index (χ3v) is 2.80. The lowest BCUT2D eigenvalue weighted by Crippen LogP contribution is -2.26. The van der Waals surface area contributed by atoms with E-state index in [1.807, 2.05) is 24.3 Å². The lowest BCUT2D eigenvalue weighted by atomic mass is 10.1. The highest BCUT2D eigenvalue weighted by Gasteiger charge is 2.12. The van der Waals surface area contributed by atoms with Crippen molar-refractivity contribution in [2.45, 2.75) is 13.2 Å². The molecule has 0 aliphatic carbocycles. The van der Waals surface area contributed by atoms with E-state index < -0.39 is 0 Å². The van der Waals surface area contributed by atoms with Crippen LogP contribution in [-0.2, 0) is 17.9 Å². The molecule has 1 aromatic heterocycles. The number of hydrogen-bond donors (Lipinski definition) is 1. The number of hydrogen-bond acceptors (Lipinski definition) is 3. The molecule has 0 aliphatic heterocycles. The van der Waals surface area contributed by atoms with Crippen molar-refractivity contribution in [3.05, 3.63) is 53.6 Å². The molecular formula is C14H17N3O2. The summed E-state index contributed by atoms with van der Waals surface area (Å²) in [4.78, 5) is 20.9. The SMILES string of the molecule is COCc1ccc(C(=O)N(C)Cc2ncc[nH]2)cc1. The van der Waals surface area contributed by atoms with Crippen LogP contribution in [0.15, 0.2) is 36.7 Å². The fourth-order valence-electron chi connectivity index (χ4n) is 1.81. The zero-order valence-corrected chi connectivity index (χ0v) is 11.1. The van der Waals surface area contributed by atoms with E-state index in [0.717, 1.165) is 11.4 Å². The number of ether oxygens (including phenoxy) is 1. The first kappa shape index (κ1) is 13.3. The van der Waals surface area contributed by atoms with Gasteiger partial charge in [0, 0.05) is 32.1 Å². The quantitative estimate of drug-likeness (QED) is 0.891. The highest BCUT2D eigenvalue weighted by Crippen LogP contribution is 2.09. The van der Waals surface area contributed by atoms with Crippen molar-refractivity contribution in [1.82, 2.24) is 14.9 Å². The number of aromatic nitrogens is 2. The molecule has 0 atom stereocenters. The standard InChI is InChI=1S/C14H17N3O2/c1-17(9-13-15-7-8-16-13)14(18)12-5-3-11(4-6-12)10-19-2/h3-8H,9-10H2,1-2H3,(H,15,16). The van der Waals surface area contributed by atoms with Gasteiger partial charge >= 0.3 is 0 Å². The Labute approximate surface area is 112 Å². The topological polar surface area (TPSA) is 58.2 Å². The molecule has 0 radical (unpaired) electrons. The summed E-state index contributed by atoms with van der Waals surface area (Å²) >= 11 is 0. The summed E-state index contributed by atoms with van der Waals surface area (Å²) < 4.78 is 5.04. The molecule has 0 unspecified atom stereocenters. The molecule has 1 amide bonds. The summed E-state index contributed by atoms with van der Waals surface area (Å²) in [7, 11) is 3.41. The molecule has 19 heavy (non-hydrogen) atoms. The average Bonchev–Trinajstić information content (AvgIpc) is 2.92. The van der Waals surface area contributed by atoms with E-state index in [1.165, 1.54) is 0 Å². The van der Waals surface area contributed by atoms with Crippen molar-refractivity contribution >= 4 is 5.91 Å². The van der Waals surface area contributed by atoms with Crippen LogP contribution in [0, 0.1) is 0 Å². The van der Waals surface area contributed by atoms with Crippen molar-refractivity contribution < 1.29 is 9.53 Å². The van der Waals surface area contributed by atoms with Crippen molar-refractivity contribution in [3.8, 4) is 0 Å². The van der Waals surface area contributed by atoms with Gasteiger partial charge in [-0.15, -0.1) is 0 Å². The summed E-state index contributed by atoms with van der Waals surface area (Å²) in [5, 5.41) is 0. The largest absolute Gasteiger partial charge is 0.380 e. The van der Waals surface area contributed by atoms with Gasteiger partial charge < -0.3 is 14.6 Å². The zero-order chi connectivity index (χ0) is 13.7. The number of rotatable bonds is 5. The van der Waals surface area contributed by atoms with Gasteiger partial charge in [0.2, 0.25) is 0 Å². The molecule has 2 aromatic rings. The Balaban J connectivity index is 2.02. The van der Waals surface area contributed by atoms with Crippen LogP contribution in [0.3, 0.4) is 0 Å². The van der Waals surface area contributed by atoms with E-state index in [2.05, 4.69) is 9.97 Å².